The minimum absolute atomic E-state index is 0. The molecule has 1 aromatic rings. The van der Waals surface area contributed by atoms with E-state index in [1.54, 1.807) is 6.07 Å². The lowest BCUT2D eigenvalue weighted by Gasteiger charge is -1.72. The summed E-state index contributed by atoms with van der Waals surface area (Å²) in [5.41, 5.74) is -0.303. The average Bonchev–Trinajstić information content (AvgIpc) is 1.69. The Morgan fingerprint density at radius 1 is 1.30 bits per heavy atom. The van der Waals surface area contributed by atoms with Crippen LogP contribution in [0.2, 0.25) is 0 Å². The number of nitrogens with one attached hydrogen (secondary N) is 1. The number of rotatable bonds is 0. The Morgan fingerprint density at radius 3 is 2.10 bits per heavy atom. The first kappa shape index (κ1) is 16.4. The zero-order valence-electron chi connectivity index (χ0n) is 4.81. The molecule has 0 atom stereocenters. The summed E-state index contributed by atoms with van der Waals surface area (Å²) in [6, 6.07) is 1.65. The van der Waals surface area contributed by atoms with Gasteiger partial charge in [0.2, 0.25) is 0 Å². The Hall–Kier alpha value is -0.250. The van der Waals surface area contributed by atoms with E-state index in [4.69, 9.17) is 0 Å². The molecule has 1 rings (SSSR count). The monoisotopic (exact) mass is 204 g/mol. The average molecular weight is 205 g/mol. The molecule has 0 amide bonds. The number of H-pyrrole nitrogens is 1. The van der Waals surface area contributed by atoms with Crippen molar-refractivity contribution < 1.29 is 0 Å². The second-order valence-electron chi connectivity index (χ2n) is 1.09. The van der Waals surface area contributed by atoms with Crippen LogP contribution in [0.4, 0.5) is 0 Å². The van der Waals surface area contributed by atoms with Crippen molar-refractivity contribution in [2.75, 3.05) is 0 Å². The number of aromatic nitrogens is 2. The first-order valence-electron chi connectivity index (χ1n) is 1.89. The van der Waals surface area contributed by atoms with Crippen LogP contribution >= 0.6 is 37.2 Å². The fourth-order valence-corrected chi connectivity index (χ4v) is 0.310. The Morgan fingerprint density at radius 2 is 1.90 bits per heavy atom. The van der Waals surface area contributed by atoms with Crippen molar-refractivity contribution in [2.45, 2.75) is 0 Å². The maximum Gasteiger partial charge on any atom is 0.344 e. The van der Waals surface area contributed by atoms with E-state index >= 15 is 0 Å². The van der Waals surface area contributed by atoms with Crippen LogP contribution in [-0.2, 0) is 0 Å². The van der Waals surface area contributed by atoms with Gasteiger partial charge in [0.25, 0.3) is 0 Å². The smallest absolute Gasteiger partial charge is 0.313 e. The van der Waals surface area contributed by atoms with Gasteiger partial charge < -0.3 is 4.98 Å². The zero-order chi connectivity index (χ0) is 5.11. The van der Waals surface area contributed by atoms with Crippen molar-refractivity contribution in [3.05, 3.63) is 28.9 Å². The second-order valence-corrected chi connectivity index (χ2v) is 1.09. The molecule has 0 unspecified atom stereocenters. The van der Waals surface area contributed by atoms with Crippen molar-refractivity contribution in [3.8, 4) is 0 Å². The van der Waals surface area contributed by atoms with Gasteiger partial charge in [-0.05, 0) is 6.07 Å². The highest BCUT2D eigenvalue weighted by atomic mass is 35.5. The van der Waals surface area contributed by atoms with Crippen molar-refractivity contribution in [3.63, 3.8) is 0 Å². The summed E-state index contributed by atoms with van der Waals surface area (Å²) in [5.74, 6) is 0. The van der Waals surface area contributed by atoms with Gasteiger partial charge in [-0.25, -0.2) is 9.78 Å². The lowest BCUT2D eigenvalue weighted by molar-refractivity contribution is 1.08. The SMILES string of the molecule is Cl.Cl.Cl.O=c1nccc[nH]1. The van der Waals surface area contributed by atoms with E-state index in [1.807, 2.05) is 0 Å². The molecular weight excluding hydrogens is 198 g/mol. The molecule has 3 nitrogen and oxygen atoms in total. The normalized spacial score (nSPS) is 6.00. The summed E-state index contributed by atoms with van der Waals surface area (Å²) >= 11 is 0. The molecule has 6 heteroatoms. The van der Waals surface area contributed by atoms with Gasteiger partial charge in [-0.15, -0.1) is 37.2 Å². The van der Waals surface area contributed by atoms with E-state index in [9.17, 15) is 4.79 Å². The fourth-order valence-electron chi connectivity index (χ4n) is 0.310. The third kappa shape index (κ3) is 5.88. The zero-order valence-corrected chi connectivity index (χ0v) is 7.26. The van der Waals surface area contributed by atoms with E-state index in [1.165, 1.54) is 12.4 Å². The minimum Gasteiger partial charge on any atom is -0.313 e. The summed E-state index contributed by atoms with van der Waals surface area (Å²) < 4.78 is 0. The maximum absolute atomic E-state index is 10.1. The topological polar surface area (TPSA) is 45.8 Å². The highest BCUT2D eigenvalue weighted by Crippen LogP contribution is 1.60. The molecule has 1 heterocycles. The molecule has 0 aliphatic rings. The second kappa shape index (κ2) is 8.75. The molecule has 0 saturated carbocycles. The van der Waals surface area contributed by atoms with Gasteiger partial charge in [0.1, 0.15) is 0 Å². The van der Waals surface area contributed by atoms with Crippen molar-refractivity contribution in [1.82, 2.24) is 9.97 Å². The van der Waals surface area contributed by atoms with Crippen LogP contribution in [0.1, 0.15) is 0 Å². The van der Waals surface area contributed by atoms with Gasteiger partial charge in [0, 0.05) is 12.4 Å². The summed E-state index contributed by atoms with van der Waals surface area (Å²) in [7, 11) is 0. The minimum atomic E-state index is -0.303. The fraction of sp³-hybridized carbons (Fsp3) is 0. The van der Waals surface area contributed by atoms with Crippen molar-refractivity contribution in [1.29, 1.82) is 0 Å². The van der Waals surface area contributed by atoms with Crippen LogP contribution < -0.4 is 5.69 Å². The van der Waals surface area contributed by atoms with Crippen LogP contribution in [0, 0.1) is 0 Å². The Labute approximate surface area is 76.5 Å². The van der Waals surface area contributed by atoms with Gasteiger partial charge in [-0.3, -0.25) is 0 Å². The molecule has 0 radical (unpaired) electrons. The Kier molecular flexibility index (Phi) is 14.3. The molecule has 0 aromatic carbocycles. The van der Waals surface area contributed by atoms with Crippen LogP contribution in [0.25, 0.3) is 0 Å². The van der Waals surface area contributed by atoms with E-state index in [0.29, 0.717) is 0 Å². The number of nitrogens with zero attached hydrogens (tertiary/aromatic N) is 1. The predicted molar refractivity (Wildman–Crippen MR) is 46.6 cm³/mol. The summed E-state index contributed by atoms with van der Waals surface area (Å²) in [5, 5.41) is 0. The first-order valence-corrected chi connectivity index (χ1v) is 1.89. The molecule has 0 aliphatic carbocycles. The molecule has 1 N–H and O–H groups in total. The van der Waals surface area contributed by atoms with Crippen LogP contribution in [0.5, 0.6) is 0 Å². The third-order valence-electron chi connectivity index (χ3n) is 0.581. The molecule has 10 heavy (non-hydrogen) atoms. The predicted octanol–water partition coefficient (Wildman–Crippen LogP) is 1.04. The molecule has 60 valence electrons. The van der Waals surface area contributed by atoms with Gasteiger partial charge in [-0.1, -0.05) is 0 Å². The van der Waals surface area contributed by atoms with Gasteiger partial charge >= 0.3 is 5.69 Å². The summed E-state index contributed by atoms with van der Waals surface area (Å²) in [4.78, 5) is 15.8. The number of aromatic amines is 1. The molecule has 1 aromatic heterocycles. The summed E-state index contributed by atoms with van der Waals surface area (Å²) in [6.45, 7) is 0. The van der Waals surface area contributed by atoms with Gasteiger partial charge in [0.15, 0.2) is 0 Å². The Bertz CT molecular complexity index is 184. The number of hydrogen-bond acceptors (Lipinski definition) is 2. The summed E-state index contributed by atoms with van der Waals surface area (Å²) in [6.07, 6.45) is 2.98. The van der Waals surface area contributed by atoms with E-state index < -0.39 is 0 Å². The Balaban J connectivity index is -0.000000163. The van der Waals surface area contributed by atoms with Crippen LogP contribution in [0.3, 0.4) is 0 Å². The van der Waals surface area contributed by atoms with E-state index in [-0.39, 0.29) is 42.9 Å². The molecule has 0 fully saturated rings. The lowest BCUT2D eigenvalue weighted by atomic mass is 10.7. The molecular formula is C4H7Cl3N2O. The van der Waals surface area contributed by atoms with Gasteiger partial charge in [0.05, 0.1) is 0 Å². The first-order chi connectivity index (χ1) is 3.39. The highest BCUT2D eigenvalue weighted by Gasteiger charge is 1.70. The molecule has 0 aliphatic heterocycles. The highest BCUT2D eigenvalue weighted by molar-refractivity contribution is 5.86. The van der Waals surface area contributed by atoms with Crippen LogP contribution in [0.15, 0.2) is 23.3 Å². The van der Waals surface area contributed by atoms with Gasteiger partial charge in [-0.2, -0.15) is 0 Å². The molecule has 0 bridgehead atoms. The number of halogens is 3. The molecule has 0 saturated heterocycles. The third-order valence-corrected chi connectivity index (χ3v) is 0.581. The van der Waals surface area contributed by atoms with Crippen molar-refractivity contribution >= 4 is 37.2 Å². The van der Waals surface area contributed by atoms with E-state index in [2.05, 4.69) is 9.97 Å². The number of hydrogen-bond donors (Lipinski definition) is 1. The molecule has 0 spiro atoms. The van der Waals surface area contributed by atoms with Crippen molar-refractivity contribution in [2.24, 2.45) is 0 Å². The standard InChI is InChI=1S/C4H4N2O.3ClH/c7-4-5-2-1-3-6-4;;;/h1-3H,(H,5,6,7);3*1H. The van der Waals surface area contributed by atoms with Crippen LogP contribution in [-0.4, -0.2) is 9.97 Å². The largest absolute Gasteiger partial charge is 0.344 e. The lowest BCUT2D eigenvalue weighted by Crippen LogP contribution is -2.05. The quantitative estimate of drug-likeness (QED) is 0.688. The van der Waals surface area contributed by atoms with E-state index in [0.717, 1.165) is 0 Å². The maximum atomic E-state index is 10.1.